The number of sulfonamides is 1. The van der Waals surface area contributed by atoms with E-state index in [2.05, 4.69) is 4.72 Å². The smallest absolute Gasteiger partial charge is 0.328 e. The Bertz CT molecular complexity index is 1030. The van der Waals surface area contributed by atoms with E-state index in [0.29, 0.717) is 16.5 Å². The van der Waals surface area contributed by atoms with Gasteiger partial charge in [-0.15, -0.1) is 0 Å². The Morgan fingerprint density at radius 2 is 1.69 bits per heavy atom. The van der Waals surface area contributed by atoms with Crippen LogP contribution in [0.3, 0.4) is 0 Å². The highest BCUT2D eigenvalue weighted by Crippen LogP contribution is 2.30. The molecule has 1 amide bonds. The maximum atomic E-state index is 12.7. The summed E-state index contributed by atoms with van der Waals surface area (Å²) >= 11 is 5.81. The van der Waals surface area contributed by atoms with Crippen molar-refractivity contribution >= 4 is 33.5 Å². The molecule has 2 atom stereocenters. The van der Waals surface area contributed by atoms with Crippen molar-refractivity contribution < 1.29 is 32.6 Å². The van der Waals surface area contributed by atoms with Crippen LogP contribution in [0.2, 0.25) is 5.02 Å². The summed E-state index contributed by atoms with van der Waals surface area (Å²) in [6, 6.07) is 11.9. The summed E-state index contributed by atoms with van der Waals surface area (Å²) in [6.07, 6.45) is -1.87. The van der Waals surface area contributed by atoms with Crippen molar-refractivity contribution in [1.82, 2.24) is 4.72 Å². The average molecular weight is 441 g/mol. The minimum absolute atomic E-state index is 0.129. The van der Waals surface area contributed by atoms with Gasteiger partial charge in [0, 0.05) is 11.4 Å². The topological polar surface area (TPSA) is 145 Å². The molecule has 2 aromatic carbocycles. The number of carboxylic acid groups (broad SMARTS) is 1. The molecular formula is C18H17ClN2O7S. The van der Waals surface area contributed by atoms with Gasteiger partial charge in [-0.1, -0.05) is 11.6 Å². The van der Waals surface area contributed by atoms with Crippen molar-refractivity contribution in [3.8, 4) is 11.5 Å². The average Bonchev–Trinajstić information content (AvgIpc) is 3.09. The van der Waals surface area contributed by atoms with Crippen LogP contribution in [0.5, 0.6) is 11.5 Å². The van der Waals surface area contributed by atoms with Gasteiger partial charge in [-0.25, -0.2) is 8.42 Å². The van der Waals surface area contributed by atoms with Gasteiger partial charge >= 0.3 is 5.97 Å². The summed E-state index contributed by atoms with van der Waals surface area (Å²) < 4.78 is 38.2. The van der Waals surface area contributed by atoms with E-state index in [0.717, 1.165) is 0 Å². The minimum atomic E-state index is -4.30. The van der Waals surface area contributed by atoms with Crippen LogP contribution in [0.1, 0.15) is 6.42 Å². The molecule has 3 rings (SSSR count). The lowest BCUT2D eigenvalue weighted by atomic mass is 9.92. The molecule has 1 aliphatic heterocycles. The molecule has 1 heterocycles. The Balaban J connectivity index is 1.82. The van der Waals surface area contributed by atoms with Gasteiger partial charge in [0.1, 0.15) is 11.5 Å². The number of rotatable bonds is 7. The van der Waals surface area contributed by atoms with E-state index in [1.165, 1.54) is 24.3 Å². The lowest BCUT2D eigenvalue weighted by molar-refractivity contribution is -0.150. The van der Waals surface area contributed by atoms with Crippen molar-refractivity contribution in [2.45, 2.75) is 23.0 Å². The summed E-state index contributed by atoms with van der Waals surface area (Å²) in [4.78, 5) is 23.1. The second-order valence-electron chi connectivity index (χ2n) is 6.31. The number of amides is 1. The van der Waals surface area contributed by atoms with Crippen LogP contribution >= 0.6 is 11.6 Å². The Kier molecular flexibility index (Phi) is 5.80. The van der Waals surface area contributed by atoms with Crippen molar-refractivity contribution in [1.29, 1.82) is 0 Å². The van der Waals surface area contributed by atoms with Crippen LogP contribution in [0.4, 0.5) is 0 Å². The van der Waals surface area contributed by atoms with Gasteiger partial charge in [-0.2, -0.15) is 4.72 Å². The zero-order valence-corrected chi connectivity index (χ0v) is 16.4. The quantitative estimate of drug-likeness (QED) is 0.591. The summed E-state index contributed by atoms with van der Waals surface area (Å²) in [5.74, 6) is -1.76. The fraction of sp³-hybridized carbons (Fsp3) is 0.222. The number of hydrogen-bond donors (Lipinski definition) is 3. The molecule has 0 aromatic heterocycles. The first kappa shape index (κ1) is 21.1. The summed E-state index contributed by atoms with van der Waals surface area (Å²) in [5.41, 5.74) is 3.01. The number of halogens is 1. The van der Waals surface area contributed by atoms with Crippen molar-refractivity contribution in [2.75, 3.05) is 6.61 Å². The third-order valence-corrected chi connectivity index (χ3v) is 6.15. The molecule has 29 heavy (non-hydrogen) atoms. The molecule has 11 heteroatoms. The van der Waals surface area contributed by atoms with E-state index < -0.39 is 33.5 Å². The fourth-order valence-corrected chi connectivity index (χ4v) is 4.44. The number of carbonyl (C=O) groups excluding carboxylic acids is 1. The van der Waals surface area contributed by atoms with E-state index in [9.17, 15) is 23.1 Å². The second-order valence-corrected chi connectivity index (χ2v) is 8.43. The predicted molar refractivity (Wildman–Crippen MR) is 102 cm³/mol. The van der Waals surface area contributed by atoms with Gasteiger partial charge < -0.3 is 20.3 Å². The highest BCUT2D eigenvalue weighted by molar-refractivity contribution is 7.89. The van der Waals surface area contributed by atoms with Crippen molar-refractivity contribution in [3.63, 3.8) is 0 Å². The summed E-state index contributed by atoms with van der Waals surface area (Å²) in [7, 11) is -4.30. The number of nitrogens with one attached hydrogen (secondary N) is 1. The van der Waals surface area contributed by atoms with E-state index in [1.807, 2.05) is 0 Å². The zero-order chi connectivity index (χ0) is 21.2. The van der Waals surface area contributed by atoms with Crippen LogP contribution in [0, 0.1) is 0 Å². The molecule has 4 N–H and O–H groups in total. The van der Waals surface area contributed by atoms with Crippen molar-refractivity contribution in [2.24, 2.45) is 5.73 Å². The predicted octanol–water partition coefficient (Wildman–Crippen LogP) is 1.51. The lowest BCUT2D eigenvalue weighted by Crippen LogP contribution is -2.62. The van der Waals surface area contributed by atoms with Crippen LogP contribution in [0.15, 0.2) is 53.4 Å². The van der Waals surface area contributed by atoms with Gasteiger partial charge in [0.2, 0.25) is 15.9 Å². The minimum Gasteiger partial charge on any atom is -0.480 e. The number of hydrogen-bond acceptors (Lipinski definition) is 6. The Hall–Kier alpha value is -2.66. The third kappa shape index (κ3) is 4.35. The first-order chi connectivity index (χ1) is 13.6. The molecule has 2 unspecified atom stereocenters. The molecular weight excluding hydrogens is 424 g/mol. The van der Waals surface area contributed by atoms with Crippen LogP contribution in [-0.4, -0.2) is 43.7 Å². The van der Waals surface area contributed by atoms with Gasteiger partial charge in [-0.3, -0.25) is 9.59 Å². The molecule has 0 aliphatic carbocycles. The van der Waals surface area contributed by atoms with E-state index in [1.54, 1.807) is 24.3 Å². The Labute approximate surface area is 171 Å². The third-order valence-electron chi connectivity index (χ3n) is 4.37. The molecule has 0 radical (unpaired) electrons. The number of ether oxygens (including phenoxy) is 2. The van der Waals surface area contributed by atoms with E-state index in [-0.39, 0.29) is 17.9 Å². The normalized spacial score (nSPS) is 21.6. The number of nitrogens with two attached hydrogens (primary N) is 1. The number of primary amides is 1. The summed E-state index contributed by atoms with van der Waals surface area (Å²) in [5, 5.41) is 10.1. The van der Waals surface area contributed by atoms with Gasteiger partial charge in [-0.05, 0) is 48.5 Å². The molecule has 0 saturated carbocycles. The maximum Gasteiger partial charge on any atom is 0.328 e. The maximum absolute atomic E-state index is 12.7. The highest BCUT2D eigenvalue weighted by atomic mass is 35.5. The number of benzene rings is 2. The lowest BCUT2D eigenvalue weighted by Gasteiger charge is -2.28. The highest BCUT2D eigenvalue weighted by Gasteiger charge is 2.56. The molecule has 1 saturated heterocycles. The zero-order valence-electron chi connectivity index (χ0n) is 14.9. The molecule has 1 fully saturated rings. The SMILES string of the molecule is NC(=O)C1OCCC1(NS(=O)(=O)c1ccc(Oc2ccc(Cl)cc2)cc1)C(=O)O. The fourth-order valence-electron chi connectivity index (χ4n) is 2.93. The monoisotopic (exact) mass is 440 g/mol. The largest absolute Gasteiger partial charge is 0.480 e. The summed E-state index contributed by atoms with van der Waals surface area (Å²) in [6.45, 7) is -0.129. The van der Waals surface area contributed by atoms with Crippen LogP contribution in [-0.2, 0) is 24.3 Å². The van der Waals surface area contributed by atoms with Gasteiger partial charge in [0.15, 0.2) is 11.6 Å². The second kappa shape index (κ2) is 7.99. The first-order valence-electron chi connectivity index (χ1n) is 8.36. The number of aliphatic carboxylic acids is 1. The van der Waals surface area contributed by atoms with E-state index >= 15 is 0 Å². The van der Waals surface area contributed by atoms with Crippen LogP contribution in [0.25, 0.3) is 0 Å². The molecule has 2 aromatic rings. The molecule has 0 spiro atoms. The van der Waals surface area contributed by atoms with Gasteiger partial charge in [0.05, 0.1) is 11.5 Å². The number of carboxylic acids is 1. The molecule has 9 nitrogen and oxygen atoms in total. The van der Waals surface area contributed by atoms with E-state index in [4.69, 9.17) is 26.8 Å². The Morgan fingerprint density at radius 3 is 2.21 bits per heavy atom. The molecule has 0 bridgehead atoms. The first-order valence-corrected chi connectivity index (χ1v) is 10.2. The number of carbonyl (C=O) groups is 2. The standard InChI is InChI=1S/C18H17ClN2O7S/c19-11-1-3-12(4-2-11)28-13-5-7-14(8-6-13)29(25,26)21-18(17(23)24)9-10-27-15(18)16(20)22/h1-8,15,21H,9-10H2,(H2,20,22)(H,23,24). The molecule has 154 valence electrons. The molecule has 1 aliphatic rings. The Morgan fingerprint density at radius 1 is 1.14 bits per heavy atom. The van der Waals surface area contributed by atoms with Gasteiger partial charge in [0.25, 0.3) is 0 Å². The van der Waals surface area contributed by atoms with Crippen LogP contribution < -0.4 is 15.2 Å². The van der Waals surface area contributed by atoms with Crippen molar-refractivity contribution in [3.05, 3.63) is 53.6 Å².